The van der Waals surface area contributed by atoms with Gasteiger partial charge in [0.15, 0.2) is 12.4 Å². The molecule has 3 rings (SSSR count). The van der Waals surface area contributed by atoms with Crippen molar-refractivity contribution in [3.8, 4) is 22.6 Å². The number of rotatable bonds is 9. The maximum Gasteiger partial charge on any atom is 0.341 e. The zero-order valence-electron chi connectivity index (χ0n) is 17.0. The van der Waals surface area contributed by atoms with Crippen molar-refractivity contribution < 1.29 is 37.0 Å². The van der Waals surface area contributed by atoms with Crippen LogP contribution in [0.4, 0.5) is 10.1 Å². The minimum Gasteiger partial charge on any atom is -0.494 e. The largest absolute Gasteiger partial charge is 0.494 e. The van der Waals surface area contributed by atoms with Crippen LogP contribution in [0.1, 0.15) is 10.4 Å². The number of carboxylic acid groups (broad SMARTS) is 1. The fraction of sp³-hybridized carbons (Fsp3) is 0.0909. The van der Waals surface area contributed by atoms with Gasteiger partial charge in [-0.15, -0.1) is 0 Å². The van der Waals surface area contributed by atoms with Crippen molar-refractivity contribution in [2.45, 2.75) is 4.90 Å². The molecule has 0 saturated heterocycles. The first-order chi connectivity index (χ1) is 15.7. The van der Waals surface area contributed by atoms with Gasteiger partial charge in [-0.1, -0.05) is 35.9 Å². The van der Waals surface area contributed by atoms with Gasteiger partial charge in [0.25, 0.3) is 10.0 Å². The van der Waals surface area contributed by atoms with E-state index in [1.807, 2.05) is 0 Å². The third-order valence-electron chi connectivity index (χ3n) is 4.42. The molecule has 0 atom stereocenters. The second kappa shape index (κ2) is 9.88. The maximum atomic E-state index is 14.5. The lowest BCUT2D eigenvalue weighted by molar-refractivity contribution is -0.139. The highest BCUT2D eigenvalue weighted by Gasteiger charge is 2.24. The second-order valence-electron chi connectivity index (χ2n) is 6.63. The zero-order chi connectivity index (χ0) is 24.2. The molecule has 8 nitrogen and oxygen atoms in total. The molecule has 3 aromatic rings. The Labute approximate surface area is 193 Å². The molecule has 0 saturated carbocycles. The summed E-state index contributed by atoms with van der Waals surface area (Å²) >= 11 is 6.02. The molecular formula is C22H17ClFNO7S. The molecular weight excluding hydrogens is 477 g/mol. The third kappa shape index (κ3) is 5.41. The van der Waals surface area contributed by atoms with Gasteiger partial charge in [-0.05, 0) is 35.9 Å². The summed E-state index contributed by atoms with van der Waals surface area (Å²) in [4.78, 5) is 21.5. The molecule has 0 fully saturated rings. The lowest BCUT2D eigenvalue weighted by Gasteiger charge is -2.15. The Morgan fingerprint density at radius 1 is 1.18 bits per heavy atom. The highest BCUT2D eigenvalue weighted by atomic mass is 35.5. The van der Waals surface area contributed by atoms with Crippen LogP contribution >= 0.6 is 11.6 Å². The van der Waals surface area contributed by atoms with Crippen molar-refractivity contribution >= 4 is 39.6 Å². The molecule has 0 aromatic heterocycles. The summed E-state index contributed by atoms with van der Waals surface area (Å²) in [5.41, 5.74) is 0.375. The van der Waals surface area contributed by atoms with E-state index in [4.69, 9.17) is 26.2 Å². The van der Waals surface area contributed by atoms with Gasteiger partial charge in [-0.25, -0.2) is 17.6 Å². The number of ether oxygens (including phenoxy) is 2. The van der Waals surface area contributed by atoms with Crippen molar-refractivity contribution in [1.29, 1.82) is 0 Å². The van der Waals surface area contributed by atoms with Crippen molar-refractivity contribution in [2.24, 2.45) is 0 Å². The number of methoxy groups -OCH3 is 1. The summed E-state index contributed by atoms with van der Waals surface area (Å²) in [6.07, 6.45) is 0.416. The molecule has 11 heteroatoms. The fourth-order valence-electron chi connectivity index (χ4n) is 3.00. The Hall–Kier alpha value is -3.63. The number of aliphatic carboxylic acids is 1. The zero-order valence-corrected chi connectivity index (χ0v) is 18.6. The topological polar surface area (TPSA) is 119 Å². The quantitative estimate of drug-likeness (QED) is 0.428. The number of carbonyl (C=O) groups is 2. The van der Waals surface area contributed by atoms with E-state index in [9.17, 15) is 22.4 Å². The van der Waals surface area contributed by atoms with E-state index in [1.165, 1.54) is 31.4 Å². The molecule has 0 unspecified atom stereocenters. The van der Waals surface area contributed by atoms with Gasteiger partial charge in [0, 0.05) is 11.1 Å². The number of halogens is 2. The highest BCUT2D eigenvalue weighted by Crippen LogP contribution is 2.36. The monoisotopic (exact) mass is 493 g/mol. The fourth-order valence-corrected chi connectivity index (χ4v) is 4.64. The van der Waals surface area contributed by atoms with Gasteiger partial charge < -0.3 is 14.6 Å². The van der Waals surface area contributed by atoms with Crippen molar-refractivity contribution in [3.05, 3.63) is 71.0 Å². The summed E-state index contributed by atoms with van der Waals surface area (Å²) < 4.78 is 53.1. The summed E-state index contributed by atoms with van der Waals surface area (Å²) in [5.74, 6) is -2.04. The Kier molecular flexibility index (Phi) is 7.19. The third-order valence-corrected chi connectivity index (χ3v) is 6.07. The van der Waals surface area contributed by atoms with Crippen LogP contribution in [-0.2, 0) is 14.8 Å². The number of sulfonamides is 1. The number of aldehydes is 1. The molecule has 3 aromatic carbocycles. The molecule has 0 aliphatic heterocycles. The Morgan fingerprint density at radius 2 is 1.91 bits per heavy atom. The smallest absolute Gasteiger partial charge is 0.341 e. The predicted molar refractivity (Wildman–Crippen MR) is 119 cm³/mol. The number of carbonyl (C=O) groups excluding carboxylic acids is 1. The van der Waals surface area contributed by atoms with Crippen LogP contribution in [0.2, 0.25) is 5.02 Å². The molecule has 0 radical (unpaired) electrons. The van der Waals surface area contributed by atoms with Crippen LogP contribution < -0.4 is 14.2 Å². The van der Waals surface area contributed by atoms with Gasteiger partial charge in [0.2, 0.25) is 0 Å². The minimum absolute atomic E-state index is 0.0140. The average molecular weight is 494 g/mol. The lowest BCUT2D eigenvalue weighted by atomic mass is 10.0. The summed E-state index contributed by atoms with van der Waals surface area (Å²) in [6, 6.07) is 12.4. The second-order valence-corrected chi connectivity index (χ2v) is 8.69. The predicted octanol–water partition coefficient (Wildman–Crippen LogP) is 4.23. The Bertz CT molecular complexity index is 1330. The van der Waals surface area contributed by atoms with Gasteiger partial charge >= 0.3 is 5.97 Å². The van der Waals surface area contributed by atoms with Crippen LogP contribution in [0.5, 0.6) is 11.5 Å². The molecule has 2 N–H and O–H groups in total. The normalized spacial score (nSPS) is 11.0. The number of anilines is 1. The van der Waals surface area contributed by atoms with E-state index in [0.29, 0.717) is 17.4 Å². The summed E-state index contributed by atoms with van der Waals surface area (Å²) in [7, 11) is -3.23. The first-order valence-electron chi connectivity index (χ1n) is 9.25. The Morgan fingerprint density at radius 3 is 2.58 bits per heavy atom. The van der Waals surface area contributed by atoms with Crippen LogP contribution in [0, 0.1) is 5.82 Å². The van der Waals surface area contributed by atoms with E-state index < -0.39 is 39.0 Å². The van der Waals surface area contributed by atoms with Crippen molar-refractivity contribution in [1.82, 2.24) is 0 Å². The standard InChI is InChI=1S/C22H17ClFNO7S/c1-31-22-16(23)8-13(11-26)9-20(22)33(29,30)25-18-10-14(6-7-17(18)24)15-4-2-3-5-19(15)32-12-21(27)28/h2-11,25H,12H2,1H3,(H,27,28). The van der Waals surface area contributed by atoms with Gasteiger partial charge in [-0.2, -0.15) is 0 Å². The summed E-state index contributed by atoms with van der Waals surface area (Å²) in [5, 5.41) is 8.75. The van der Waals surface area contributed by atoms with E-state index in [2.05, 4.69) is 4.72 Å². The van der Waals surface area contributed by atoms with Gasteiger partial charge in [0.1, 0.15) is 22.7 Å². The lowest BCUT2D eigenvalue weighted by Crippen LogP contribution is -2.16. The molecule has 0 amide bonds. The highest BCUT2D eigenvalue weighted by molar-refractivity contribution is 7.92. The molecule has 172 valence electrons. The first kappa shape index (κ1) is 24.0. The molecule has 33 heavy (non-hydrogen) atoms. The summed E-state index contributed by atoms with van der Waals surface area (Å²) in [6.45, 7) is -0.592. The number of para-hydroxylation sites is 1. The first-order valence-corrected chi connectivity index (χ1v) is 11.1. The Balaban J connectivity index is 2.04. The van der Waals surface area contributed by atoms with Crippen molar-refractivity contribution in [2.75, 3.05) is 18.4 Å². The number of carboxylic acids is 1. The molecule has 0 spiro atoms. The molecule has 0 heterocycles. The minimum atomic E-state index is -4.43. The van der Waals surface area contributed by atoms with Crippen molar-refractivity contribution in [3.63, 3.8) is 0 Å². The number of nitrogens with one attached hydrogen (secondary N) is 1. The molecule has 0 aliphatic rings. The molecule has 0 bridgehead atoms. The number of benzene rings is 3. The van der Waals surface area contributed by atoms with Crippen LogP contribution in [0.15, 0.2) is 59.5 Å². The number of hydrogen-bond acceptors (Lipinski definition) is 6. The number of hydrogen-bond donors (Lipinski definition) is 2. The molecule has 0 aliphatic carbocycles. The van der Waals surface area contributed by atoms with E-state index in [0.717, 1.165) is 12.1 Å². The van der Waals surface area contributed by atoms with E-state index >= 15 is 0 Å². The van der Waals surface area contributed by atoms with E-state index in [1.54, 1.807) is 18.2 Å². The van der Waals surface area contributed by atoms with Crippen LogP contribution in [-0.4, -0.2) is 39.5 Å². The van der Waals surface area contributed by atoms with Crippen LogP contribution in [0.25, 0.3) is 11.1 Å². The van der Waals surface area contributed by atoms with E-state index in [-0.39, 0.29) is 22.1 Å². The van der Waals surface area contributed by atoms with Gasteiger partial charge in [0.05, 0.1) is 17.8 Å². The van der Waals surface area contributed by atoms with Gasteiger partial charge in [-0.3, -0.25) is 9.52 Å². The SMILES string of the molecule is COc1c(Cl)cc(C=O)cc1S(=O)(=O)Nc1cc(-c2ccccc2OCC(=O)O)ccc1F. The van der Waals surface area contributed by atoms with Crippen LogP contribution in [0.3, 0.4) is 0 Å². The maximum absolute atomic E-state index is 14.5. The average Bonchev–Trinajstić information content (AvgIpc) is 2.78.